The third-order valence-electron chi connectivity index (χ3n) is 2.45. The highest BCUT2D eigenvalue weighted by molar-refractivity contribution is 5.77. The number of aromatic nitrogens is 2. The van der Waals surface area contributed by atoms with Gasteiger partial charge in [0.2, 0.25) is 5.89 Å². The number of esters is 1. The second kappa shape index (κ2) is 7.39. The molecule has 6 nitrogen and oxygen atoms in total. The maximum atomic E-state index is 11.9. The van der Waals surface area contributed by atoms with Gasteiger partial charge in [-0.25, -0.2) is 0 Å². The molecule has 0 saturated heterocycles. The minimum absolute atomic E-state index is 0.00839. The zero-order valence-corrected chi connectivity index (χ0v) is 11.9. The van der Waals surface area contributed by atoms with Crippen LogP contribution in [0, 0.1) is 5.92 Å². The molecule has 0 amide bonds. The highest BCUT2D eigenvalue weighted by atomic mass is 19.4. The van der Waals surface area contributed by atoms with Crippen molar-refractivity contribution in [2.75, 3.05) is 13.2 Å². The molecule has 1 unspecified atom stereocenters. The number of carbonyl (C=O) groups is 1. The van der Waals surface area contributed by atoms with Gasteiger partial charge >= 0.3 is 12.1 Å². The Bertz CT molecular complexity index is 460. The van der Waals surface area contributed by atoms with Gasteiger partial charge in [-0.3, -0.25) is 4.79 Å². The Kier molecular flexibility index (Phi) is 6.13. The monoisotopic (exact) mass is 310 g/mol. The average molecular weight is 310 g/mol. The maximum Gasteiger partial charge on any atom is 0.411 e. The highest BCUT2D eigenvalue weighted by Crippen LogP contribution is 2.24. The topological polar surface area (TPSA) is 74.5 Å². The molecular weight excluding hydrogens is 293 g/mol. The Hall–Kier alpha value is -1.64. The van der Waals surface area contributed by atoms with Crippen LogP contribution in [0.5, 0.6) is 0 Å². The summed E-state index contributed by atoms with van der Waals surface area (Å²) >= 11 is 0. The molecule has 0 aliphatic carbocycles. The highest BCUT2D eigenvalue weighted by Gasteiger charge is 2.32. The normalized spacial score (nSPS) is 13.5. The van der Waals surface area contributed by atoms with Crippen LogP contribution in [0.1, 0.15) is 38.4 Å². The summed E-state index contributed by atoms with van der Waals surface area (Å²) in [6.45, 7) is 3.56. The van der Waals surface area contributed by atoms with Gasteiger partial charge in [0.25, 0.3) is 0 Å². The molecule has 0 aromatic carbocycles. The second-order valence-electron chi connectivity index (χ2n) is 4.63. The largest absolute Gasteiger partial charge is 0.465 e. The number of carbonyl (C=O) groups excluding carboxylic acids is 1. The Morgan fingerprint density at radius 1 is 1.38 bits per heavy atom. The minimum Gasteiger partial charge on any atom is -0.465 e. The molecule has 0 radical (unpaired) electrons. The van der Waals surface area contributed by atoms with Crippen molar-refractivity contribution in [2.24, 2.45) is 5.92 Å². The molecule has 9 heteroatoms. The molecule has 0 fully saturated rings. The van der Waals surface area contributed by atoms with Crippen molar-refractivity contribution in [3.63, 3.8) is 0 Å². The van der Waals surface area contributed by atoms with Crippen LogP contribution >= 0.6 is 0 Å². The fourth-order valence-corrected chi connectivity index (χ4v) is 1.60. The van der Waals surface area contributed by atoms with Crippen LogP contribution in [-0.2, 0) is 20.9 Å². The van der Waals surface area contributed by atoms with E-state index in [-0.39, 0.29) is 24.2 Å². The van der Waals surface area contributed by atoms with Crippen LogP contribution in [0.25, 0.3) is 0 Å². The lowest BCUT2D eigenvalue weighted by molar-refractivity contribution is -0.177. The second-order valence-corrected chi connectivity index (χ2v) is 4.63. The van der Waals surface area contributed by atoms with Gasteiger partial charge in [-0.05, 0) is 12.8 Å². The first-order chi connectivity index (χ1) is 9.74. The Labute approximate surface area is 119 Å². The van der Waals surface area contributed by atoms with E-state index >= 15 is 0 Å². The summed E-state index contributed by atoms with van der Waals surface area (Å²) in [5.74, 6) is -1.47. The quantitative estimate of drug-likeness (QED) is 0.720. The molecule has 1 aromatic rings. The zero-order chi connectivity index (χ0) is 16.0. The summed E-state index contributed by atoms with van der Waals surface area (Å²) in [5, 5.41) is 3.50. The molecule has 0 aliphatic rings. The molecule has 0 bridgehead atoms. The summed E-state index contributed by atoms with van der Waals surface area (Å²) in [6.07, 6.45) is -4.42. The lowest BCUT2D eigenvalue weighted by Crippen LogP contribution is -2.21. The zero-order valence-electron chi connectivity index (χ0n) is 11.9. The van der Waals surface area contributed by atoms with Crippen LogP contribution in [0.2, 0.25) is 0 Å². The number of hydrogen-bond donors (Lipinski definition) is 0. The van der Waals surface area contributed by atoms with Crippen molar-refractivity contribution >= 4 is 5.97 Å². The first-order valence-corrected chi connectivity index (χ1v) is 6.38. The molecule has 1 aromatic heterocycles. The fraction of sp³-hybridized carbons (Fsp3) is 0.750. The van der Waals surface area contributed by atoms with Gasteiger partial charge in [-0.15, -0.1) is 0 Å². The van der Waals surface area contributed by atoms with Gasteiger partial charge in [-0.1, -0.05) is 19.0 Å². The van der Waals surface area contributed by atoms with Crippen LogP contribution in [0.3, 0.4) is 0 Å². The standard InChI is InChI=1S/C12H17F3N2O4/c1-4-20-11(18)9(7(2)3)10-16-8(17-21-10)5-19-6-12(13,14)15/h7,9H,4-6H2,1-3H3. The predicted octanol–water partition coefficient (Wildman–Crippen LogP) is 2.45. The lowest BCUT2D eigenvalue weighted by atomic mass is 9.96. The molecule has 0 N–H and O–H groups in total. The molecule has 1 atom stereocenters. The van der Waals surface area contributed by atoms with Crippen molar-refractivity contribution < 1.29 is 32.0 Å². The van der Waals surface area contributed by atoms with Crippen molar-refractivity contribution in [3.05, 3.63) is 11.7 Å². The summed E-state index contributed by atoms with van der Waals surface area (Å²) in [4.78, 5) is 15.7. The molecule has 1 heterocycles. The molecular formula is C12H17F3N2O4. The smallest absolute Gasteiger partial charge is 0.411 e. The minimum atomic E-state index is -4.42. The van der Waals surface area contributed by atoms with E-state index in [0.717, 1.165) is 0 Å². The summed E-state index contributed by atoms with van der Waals surface area (Å²) in [7, 11) is 0. The number of hydrogen-bond acceptors (Lipinski definition) is 6. The molecule has 0 saturated carbocycles. The first kappa shape index (κ1) is 17.4. The lowest BCUT2D eigenvalue weighted by Gasteiger charge is -2.14. The number of alkyl halides is 3. The van der Waals surface area contributed by atoms with Crippen LogP contribution in [0.15, 0.2) is 4.52 Å². The fourth-order valence-electron chi connectivity index (χ4n) is 1.60. The van der Waals surface area contributed by atoms with E-state index in [0.29, 0.717) is 0 Å². The molecule has 21 heavy (non-hydrogen) atoms. The van der Waals surface area contributed by atoms with Crippen LogP contribution in [0.4, 0.5) is 13.2 Å². The molecule has 120 valence electrons. The van der Waals surface area contributed by atoms with Gasteiger partial charge < -0.3 is 14.0 Å². The number of nitrogens with zero attached hydrogens (tertiary/aromatic N) is 2. The summed E-state index contributed by atoms with van der Waals surface area (Å²) in [6, 6.07) is 0. The van der Waals surface area contributed by atoms with Gasteiger partial charge in [0.05, 0.1) is 6.61 Å². The van der Waals surface area contributed by atoms with Gasteiger partial charge in [-0.2, -0.15) is 18.2 Å². The van der Waals surface area contributed by atoms with Crippen LogP contribution < -0.4 is 0 Å². The Morgan fingerprint density at radius 2 is 2.05 bits per heavy atom. The Morgan fingerprint density at radius 3 is 2.57 bits per heavy atom. The average Bonchev–Trinajstić information content (AvgIpc) is 2.75. The van der Waals surface area contributed by atoms with E-state index in [4.69, 9.17) is 9.26 Å². The maximum absolute atomic E-state index is 11.9. The van der Waals surface area contributed by atoms with Gasteiger partial charge in [0.15, 0.2) is 5.82 Å². The third-order valence-corrected chi connectivity index (χ3v) is 2.45. The van der Waals surface area contributed by atoms with Gasteiger partial charge in [0.1, 0.15) is 19.1 Å². The van der Waals surface area contributed by atoms with E-state index < -0.39 is 31.3 Å². The van der Waals surface area contributed by atoms with Crippen molar-refractivity contribution in [3.8, 4) is 0 Å². The van der Waals surface area contributed by atoms with E-state index in [1.807, 2.05) is 0 Å². The summed E-state index contributed by atoms with van der Waals surface area (Å²) < 4.78 is 50.1. The number of rotatable bonds is 7. The van der Waals surface area contributed by atoms with E-state index in [1.165, 1.54) is 0 Å². The number of ether oxygens (including phenoxy) is 2. The van der Waals surface area contributed by atoms with Gasteiger partial charge in [0, 0.05) is 0 Å². The number of halogens is 3. The Balaban J connectivity index is 2.69. The van der Waals surface area contributed by atoms with E-state index in [1.54, 1.807) is 20.8 Å². The van der Waals surface area contributed by atoms with E-state index in [9.17, 15) is 18.0 Å². The third kappa shape index (κ3) is 5.70. The van der Waals surface area contributed by atoms with Crippen LogP contribution in [-0.4, -0.2) is 35.5 Å². The van der Waals surface area contributed by atoms with E-state index in [2.05, 4.69) is 14.9 Å². The SMILES string of the molecule is CCOC(=O)C(c1nc(COCC(F)(F)F)no1)C(C)C. The van der Waals surface area contributed by atoms with Crippen molar-refractivity contribution in [1.29, 1.82) is 0 Å². The van der Waals surface area contributed by atoms with Crippen molar-refractivity contribution in [1.82, 2.24) is 10.1 Å². The predicted molar refractivity (Wildman–Crippen MR) is 64.2 cm³/mol. The molecule has 0 spiro atoms. The molecule has 0 aliphatic heterocycles. The first-order valence-electron chi connectivity index (χ1n) is 6.38. The van der Waals surface area contributed by atoms with Crippen molar-refractivity contribution in [2.45, 2.75) is 39.5 Å². The summed E-state index contributed by atoms with van der Waals surface area (Å²) in [5.41, 5.74) is 0. The molecule has 1 rings (SSSR count).